The molecule has 0 amide bonds. The highest BCUT2D eigenvalue weighted by molar-refractivity contribution is 5.75. The molecule has 2 heterocycles. The van der Waals surface area contributed by atoms with Gasteiger partial charge in [-0.2, -0.15) is 0 Å². The Morgan fingerprint density at radius 3 is 2.39 bits per heavy atom. The number of carbonyl (C=O) groups excluding carboxylic acids is 1. The molecule has 1 aliphatic heterocycles. The van der Waals surface area contributed by atoms with Crippen LogP contribution in [0.25, 0.3) is 0 Å². The smallest absolute Gasteiger partial charge is 0.216 e. The lowest BCUT2D eigenvalue weighted by Crippen LogP contribution is -2.41. The number of ketones is 1. The van der Waals surface area contributed by atoms with E-state index in [4.69, 9.17) is 4.74 Å². The summed E-state index contributed by atoms with van der Waals surface area (Å²) in [5.74, 6) is 1.71. The molecule has 4 heteroatoms. The largest absolute Gasteiger partial charge is 0.481 e. The molecule has 0 bridgehead atoms. The molecule has 28 heavy (non-hydrogen) atoms. The number of pyridine rings is 1. The monoisotopic (exact) mass is 390 g/mol. The number of unbranched alkanes of at least 4 members (excludes halogenated alkanes) is 1. The summed E-state index contributed by atoms with van der Waals surface area (Å²) in [6.45, 7) is 10.7. The molecule has 0 N–H and O–H groups in total. The maximum Gasteiger partial charge on any atom is 0.216 e. The molecule has 1 saturated heterocycles. The highest BCUT2D eigenvalue weighted by Crippen LogP contribution is 2.34. The van der Waals surface area contributed by atoms with Gasteiger partial charge in [-0.05, 0) is 64.1 Å². The van der Waals surface area contributed by atoms with E-state index in [1.165, 1.54) is 63.6 Å². The molecule has 4 nitrogen and oxygen atoms in total. The van der Waals surface area contributed by atoms with Crippen LogP contribution < -0.4 is 4.74 Å². The minimum Gasteiger partial charge on any atom is -0.481 e. The van der Waals surface area contributed by atoms with Crippen molar-refractivity contribution in [2.24, 2.45) is 0 Å². The van der Waals surface area contributed by atoms with E-state index < -0.39 is 0 Å². The Balaban J connectivity index is 0.000000568. The standard InChI is InChI=1S/C19H32N2O.C5H10O/c1-4-6-9-17(8-5-2)21-14-11-16(12-15-21)18-10-7-13-20-19(18)22-3;1-3-4-5(2)6/h7,10,13,16-17H,4-6,8-9,11-12,14-15H2,1-3H3;3-4H2,1-2H3. The maximum absolute atomic E-state index is 10.0. The molecule has 0 saturated carbocycles. The Labute approximate surface area is 173 Å². The fraction of sp³-hybridized carbons (Fsp3) is 0.750. The molecule has 0 radical (unpaired) electrons. The second-order valence-electron chi connectivity index (χ2n) is 7.95. The highest BCUT2D eigenvalue weighted by Gasteiger charge is 2.26. The summed E-state index contributed by atoms with van der Waals surface area (Å²) >= 11 is 0. The Hall–Kier alpha value is -1.42. The van der Waals surface area contributed by atoms with Crippen molar-refractivity contribution in [3.8, 4) is 5.88 Å². The summed E-state index contributed by atoms with van der Waals surface area (Å²) < 4.78 is 5.44. The number of ether oxygens (including phenoxy) is 1. The molecule has 0 aromatic carbocycles. The zero-order valence-electron chi connectivity index (χ0n) is 18.9. The van der Waals surface area contributed by atoms with Gasteiger partial charge in [0.2, 0.25) is 5.88 Å². The summed E-state index contributed by atoms with van der Waals surface area (Å²) in [5.41, 5.74) is 1.30. The molecular formula is C24H42N2O2. The van der Waals surface area contributed by atoms with Crippen LogP contribution >= 0.6 is 0 Å². The van der Waals surface area contributed by atoms with Crippen LogP contribution in [0.4, 0.5) is 0 Å². The van der Waals surface area contributed by atoms with E-state index in [2.05, 4.69) is 29.8 Å². The van der Waals surface area contributed by atoms with Gasteiger partial charge in [-0.25, -0.2) is 4.98 Å². The van der Waals surface area contributed by atoms with Crippen LogP contribution in [-0.2, 0) is 4.79 Å². The Morgan fingerprint density at radius 2 is 1.89 bits per heavy atom. The van der Waals surface area contributed by atoms with E-state index in [0.717, 1.165) is 24.8 Å². The molecule has 1 unspecified atom stereocenters. The van der Waals surface area contributed by atoms with Gasteiger partial charge in [0, 0.05) is 24.2 Å². The van der Waals surface area contributed by atoms with Crippen LogP contribution in [0, 0.1) is 0 Å². The molecule has 1 aliphatic rings. The molecule has 160 valence electrons. The molecule has 0 aliphatic carbocycles. The van der Waals surface area contributed by atoms with E-state index >= 15 is 0 Å². The molecule has 2 rings (SSSR count). The van der Waals surface area contributed by atoms with Gasteiger partial charge in [0.1, 0.15) is 5.78 Å². The zero-order chi connectivity index (χ0) is 20.8. The third-order valence-electron chi connectivity index (χ3n) is 5.59. The summed E-state index contributed by atoms with van der Waals surface area (Å²) in [5, 5.41) is 0. The molecule has 1 aromatic rings. The van der Waals surface area contributed by atoms with Crippen LogP contribution in [-0.4, -0.2) is 41.9 Å². The van der Waals surface area contributed by atoms with Crippen molar-refractivity contribution in [1.29, 1.82) is 0 Å². The summed E-state index contributed by atoms with van der Waals surface area (Å²) in [6, 6.07) is 5.01. The molecular weight excluding hydrogens is 348 g/mol. The zero-order valence-corrected chi connectivity index (χ0v) is 18.9. The summed E-state index contributed by atoms with van der Waals surface area (Å²) in [6.07, 6.45) is 12.7. The summed E-state index contributed by atoms with van der Waals surface area (Å²) in [7, 11) is 1.73. The number of carbonyl (C=O) groups is 1. The van der Waals surface area contributed by atoms with E-state index in [0.29, 0.717) is 5.92 Å². The predicted molar refractivity (Wildman–Crippen MR) is 118 cm³/mol. The predicted octanol–water partition coefficient (Wildman–Crippen LogP) is 6.00. The van der Waals surface area contributed by atoms with Crippen molar-refractivity contribution in [3.05, 3.63) is 23.9 Å². The average Bonchev–Trinajstić information content (AvgIpc) is 2.71. The number of hydrogen-bond donors (Lipinski definition) is 0. The van der Waals surface area contributed by atoms with Gasteiger partial charge in [-0.1, -0.05) is 46.1 Å². The normalized spacial score (nSPS) is 16.2. The molecule has 1 aromatic heterocycles. The van der Waals surface area contributed by atoms with Gasteiger partial charge in [-0.3, -0.25) is 0 Å². The van der Waals surface area contributed by atoms with Crippen LogP contribution in [0.1, 0.15) is 97.0 Å². The van der Waals surface area contributed by atoms with Crippen molar-refractivity contribution < 1.29 is 9.53 Å². The van der Waals surface area contributed by atoms with Crippen molar-refractivity contribution in [2.45, 2.75) is 97.4 Å². The number of hydrogen-bond acceptors (Lipinski definition) is 4. The lowest BCUT2D eigenvalue weighted by Gasteiger charge is -2.38. The van der Waals surface area contributed by atoms with E-state index in [1.807, 2.05) is 19.2 Å². The van der Waals surface area contributed by atoms with Gasteiger partial charge in [0.05, 0.1) is 7.11 Å². The SMILES string of the molecule is CCCC(C)=O.CCCCC(CCC)N1CCC(c2cccnc2OC)CC1. The first kappa shape index (κ1) is 24.6. The minimum absolute atomic E-state index is 0.289. The van der Waals surface area contributed by atoms with Gasteiger partial charge in [0.25, 0.3) is 0 Å². The second kappa shape index (κ2) is 14.6. The van der Waals surface area contributed by atoms with Gasteiger partial charge >= 0.3 is 0 Å². The van der Waals surface area contributed by atoms with E-state index in [1.54, 1.807) is 14.0 Å². The van der Waals surface area contributed by atoms with Gasteiger partial charge < -0.3 is 14.4 Å². The van der Waals surface area contributed by atoms with E-state index in [-0.39, 0.29) is 5.78 Å². The summed E-state index contributed by atoms with van der Waals surface area (Å²) in [4.78, 5) is 17.1. The van der Waals surface area contributed by atoms with Gasteiger partial charge in [0.15, 0.2) is 0 Å². The van der Waals surface area contributed by atoms with Crippen molar-refractivity contribution in [2.75, 3.05) is 20.2 Å². The Kier molecular flexibility index (Phi) is 12.8. The Morgan fingerprint density at radius 1 is 1.18 bits per heavy atom. The van der Waals surface area contributed by atoms with Gasteiger partial charge in [-0.15, -0.1) is 0 Å². The van der Waals surface area contributed by atoms with Crippen molar-refractivity contribution in [1.82, 2.24) is 9.88 Å². The Bertz CT molecular complexity index is 539. The second-order valence-corrected chi connectivity index (χ2v) is 7.95. The highest BCUT2D eigenvalue weighted by atomic mass is 16.5. The quantitative estimate of drug-likeness (QED) is 0.491. The van der Waals surface area contributed by atoms with Crippen molar-refractivity contribution in [3.63, 3.8) is 0 Å². The lowest BCUT2D eigenvalue weighted by atomic mass is 9.88. The fourth-order valence-corrected chi connectivity index (χ4v) is 4.09. The maximum atomic E-state index is 10.0. The average molecular weight is 391 g/mol. The van der Waals surface area contributed by atoms with Crippen LogP contribution in [0.2, 0.25) is 0 Å². The number of Topliss-reactive ketones (excluding diaryl/α,β-unsaturated/α-hetero) is 1. The first-order valence-electron chi connectivity index (χ1n) is 11.3. The first-order chi connectivity index (χ1) is 13.6. The molecule has 1 fully saturated rings. The number of likely N-dealkylation sites (tertiary alicyclic amines) is 1. The third kappa shape index (κ3) is 8.72. The molecule has 0 spiro atoms. The van der Waals surface area contributed by atoms with Crippen LogP contribution in [0.15, 0.2) is 18.3 Å². The van der Waals surface area contributed by atoms with Crippen molar-refractivity contribution >= 4 is 5.78 Å². The van der Waals surface area contributed by atoms with Crippen LogP contribution in [0.5, 0.6) is 5.88 Å². The fourth-order valence-electron chi connectivity index (χ4n) is 4.09. The molecule has 1 atom stereocenters. The third-order valence-corrected chi connectivity index (χ3v) is 5.59. The minimum atomic E-state index is 0.289. The first-order valence-corrected chi connectivity index (χ1v) is 11.3. The number of piperidine rings is 1. The topological polar surface area (TPSA) is 42.4 Å². The lowest BCUT2D eigenvalue weighted by molar-refractivity contribution is -0.117. The number of aromatic nitrogens is 1. The number of methoxy groups -OCH3 is 1. The van der Waals surface area contributed by atoms with E-state index in [9.17, 15) is 4.79 Å². The number of nitrogens with zero attached hydrogens (tertiary/aromatic N) is 2. The number of rotatable bonds is 10. The van der Waals surface area contributed by atoms with Crippen LogP contribution in [0.3, 0.4) is 0 Å².